The highest BCUT2D eigenvalue weighted by Crippen LogP contribution is 2.04. The van der Waals surface area contributed by atoms with Gasteiger partial charge in [-0.15, -0.1) is 0 Å². The highest BCUT2D eigenvalue weighted by molar-refractivity contribution is 4.71. The van der Waals surface area contributed by atoms with Crippen molar-refractivity contribution in [3.63, 3.8) is 0 Å². The number of nitrogens with zero attached hydrogens (tertiary/aromatic N) is 1. The molecule has 5 nitrogen and oxygen atoms in total. The van der Waals surface area contributed by atoms with Crippen LogP contribution < -0.4 is 0 Å². The van der Waals surface area contributed by atoms with Crippen molar-refractivity contribution in [3.05, 3.63) is 0 Å². The van der Waals surface area contributed by atoms with Gasteiger partial charge >= 0.3 is 0 Å². The summed E-state index contributed by atoms with van der Waals surface area (Å²) in [6, 6.07) is 0.728. The summed E-state index contributed by atoms with van der Waals surface area (Å²) in [5.41, 5.74) is 0. The number of hydrogen-bond acceptors (Lipinski definition) is 5. The Morgan fingerprint density at radius 3 is 1.61 bits per heavy atom. The van der Waals surface area contributed by atoms with E-state index in [0.717, 1.165) is 0 Å². The van der Waals surface area contributed by atoms with E-state index in [-0.39, 0.29) is 6.04 Å². The van der Waals surface area contributed by atoms with Gasteiger partial charge in [0, 0.05) is 20.3 Å². The lowest BCUT2D eigenvalue weighted by Gasteiger charge is -2.31. The predicted octanol–water partition coefficient (Wildman–Crippen LogP) is 1.02. The van der Waals surface area contributed by atoms with Crippen LogP contribution in [0.15, 0.2) is 0 Å². The van der Waals surface area contributed by atoms with Crippen molar-refractivity contribution in [3.8, 4) is 0 Å². The van der Waals surface area contributed by atoms with Crippen LogP contribution >= 0.6 is 0 Å². The van der Waals surface area contributed by atoms with E-state index in [1.165, 1.54) is 0 Å². The molecule has 18 heavy (non-hydrogen) atoms. The summed E-state index contributed by atoms with van der Waals surface area (Å²) >= 11 is 0. The molecular formula is C13H29NO4. The quantitative estimate of drug-likeness (QED) is 0.492. The third kappa shape index (κ3) is 8.83. The fourth-order valence-electron chi connectivity index (χ4n) is 1.43. The zero-order valence-corrected chi connectivity index (χ0v) is 12.5. The van der Waals surface area contributed by atoms with Crippen molar-refractivity contribution >= 4 is 0 Å². The Labute approximate surface area is 111 Å². The van der Waals surface area contributed by atoms with Gasteiger partial charge in [-0.1, -0.05) is 0 Å². The van der Waals surface area contributed by atoms with Crippen LogP contribution in [0.3, 0.4) is 0 Å². The molecule has 0 aliphatic heterocycles. The normalized spacial score (nSPS) is 12.0. The lowest BCUT2D eigenvalue weighted by atomic mass is 10.2. The van der Waals surface area contributed by atoms with Crippen molar-refractivity contribution in [1.82, 2.24) is 4.90 Å². The molecule has 0 N–H and O–H groups in total. The van der Waals surface area contributed by atoms with Crippen LogP contribution in [0.2, 0.25) is 0 Å². The van der Waals surface area contributed by atoms with Crippen LogP contribution in [0.25, 0.3) is 0 Å². The van der Waals surface area contributed by atoms with E-state index in [1.54, 1.807) is 14.2 Å². The van der Waals surface area contributed by atoms with E-state index >= 15 is 0 Å². The van der Waals surface area contributed by atoms with Crippen molar-refractivity contribution in [1.29, 1.82) is 0 Å². The standard InChI is InChI=1S/C13H29NO4/c1-12(2)14(3)13(10-17-8-6-15-4)11-18-9-7-16-5/h12-13H,6-11H2,1-5H3. The molecule has 5 heteroatoms. The van der Waals surface area contributed by atoms with Gasteiger partial charge in [0.2, 0.25) is 0 Å². The van der Waals surface area contributed by atoms with Crippen molar-refractivity contribution in [2.24, 2.45) is 0 Å². The zero-order chi connectivity index (χ0) is 13.8. The van der Waals surface area contributed by atoms with E-state index in [1.807, 2.05) is 0 Å². The first-order chi connectivity index (χ1) is 8.63. The number of likely N-dealkylation sites (N-methyl/N-ethyl adjacent to an activating group) is 1. The molecule has 0 aliphatic carbocycles. The Kier molecular flexibility index (Phi) is 11.7. The number of methoxy groups -OCH3 is 2. The van der Waals surface area contributed by atoms with Gasteiger partial charge in [-0.3, -0.25) is 4.90 Å². The largest absolute Gasteiger partial charge is 0.382 e. The monoisotopic (exact) mass is 263 g/mol. The Bertz CT molecular complexity index is 166. The first-order valence-corrected chi connectivity index (χ1v) is 6.48. The summed E-state index contributed by atoms with van der Waals surface area (Å²) in [5.74, 6) is 0. The van der Waals surface area contributed by atoms with Crippen LogP contribution in [-0.2, 0) is 18.9 Å². The molecule has 0 aromatic heterocycles. The second-order valence-corrected chi connectivity index (χ2v) is 4.55. The summed E-state index contributed by atoms with van der Waals surface area (Å²) in [7, 11) is 5.44. The molecule has 0 saturated carbocycles. The molecule has 110 valence electrons. The minimum Gasteiger partial charge on any atom is -0.382 e. The lowest BCUT2D eigenvalue weighted by molar-refractivity contribution is -0.0166. The number of rotatable bonds is 12. The fourth-order valence-corrected chi connectivity index (χ4v) is 1.43. The summed E-state index contributed by atoms with van der Waals surface area (Å²) < 4.78 is 21.1. The maximum Gasteiger partial charge on any atom is 0.0701 e. The molecule has 0 unspecified atom stereocenters. The molecule has 0 aromatic rings. The van der Waals surface area contributed by atoms with Gasteiger partial charge in [-0.05, 0) is 20.9 Å². The maximum atomic E-state index is 5.59. The SMILES string of the molecule is COCCOCC(COCCOC)N(C)C(C)C. The summed E-state index contributed by atoms with van der Waals surface area (Å²) in [6.45, 7) is 8.14. The van der Waals surface area contributed by atoms with Gasteiger partial charge in [-0.2, -0.15) is 0 Å². The second-order valence-electron chi connectivity index (χ2n) is 4.55. The zero-order valence-electron chi connectivity index (χ0n) is 12.5. The minimum atomic E-state index is 0.263. The van der Waals surface area contributed by atoms with E-state index < -0.39 is 0 Å². The fraction of sp³-hybridized carbons (Fsp3) is 1.00. The first-order valence-electron chi connectivity index (χ1n) is 6.48. The Morgan fingerprint density at radius 2 is 1.28 bits per heavy atom. The molecule has 0 aromatic carbocycles. The van der Waals surface area contributed by atoms with Gasteiger partial charge in [-0.25, -0.2) is 0 Å². The van der Waals surface area contributed by atoms with Crippen LogP contribution in [0, 0.1) is 0 Å². The molecule has 0 atom stereocenters. The molecule has 0 saturated heterocycles. The summed E-state index contributed by atoms with van der Waals surface area (Å²) in [4.78, 5) is 2.26. The van der Waals surface area contributed by atoms with Crippen LogP contribution in [-0.4, -0.2) is 77.9 Å². The summed E-state index contributed by atoms with van der Waals surface area (Å²) in [6.07, 6.45) is 0. The lowest BCUT2D eigenvalue weighted by Crippen LogP contribution is -2.43. The molecule has 0 aliphatic rings. The van der Waals surface area contributed by atoms with Crippen LogP contribution in [0.1, 0.15) is 13.8 Å². The van der Waals surface area contributed by atoms with Gasteiger partial charge < -0.3 is 18.9 Å². The minimum absolute atomic E-state index is 0.263. The average molecular weight is 263 g/mol. The first kappa shape index (κ1) is 17.8. The summed E-state index contributed by atoms with van der Waals surface area (Å²) in [5, 5.41) is 0. The Hall–Kier alpha value is -0.200. The third-order valence-corrected chi connectivity index (χ3v) is 2.87. The molecule has 0 rings (SSSR count). The van der Waals surface area contributed by atoms with Crippen molar-refractivity contribution in [2.75, 3.05) is 60.9 Å². The molecule has 0 heterocycles. The molecule has 0 spiro atoms. The smallest absolute Gasteiger partial charge is 0.0701 e. The van der Waals surface area contributed by atoms with Crippen molar-refractivity contribution in [2.45, 2.75) is 25.9 Å². The van der Waals surface area contributed by atoms with Crippen LogP contribution in [0.5, 0.6) is 0 Å². The van der Waals surface area contributed by atoms with Gasteiger partial charge in [0.1, 0.15) is 0 Å². The second kappa shape index (κ2) is 11.9. The van der Waals surface area contributed by atoms with E-state index in [0.29, 0.717) is 45.7 Å². The molecule has 0 amide bonds. The third-order valence-electron chi connectivity index (χ3n) is 2.87. The van der Waals surface area contributed by atoms with Gasteiger partial charge in [0.05, 0.1) is 45.7 Å². The van der Waals surface area contributed by atoms with Gasteiger partial charge in [0.25, 0.3) is 0 Å². The Morgan fingerprint density at radius 1 is 0.833 bits per heavy atom. The van der Waals surface area contributed by atoms with Crippen molar-refractivity contribution < 1.29 is 18.9 Å². The molecule has 0 bridgehead atoms. The molecular weight excluding hydrogens is 234 g/mol. The maximum absolute atomic E-state index is 5.59. The van der Waals surface area contributed by atoms with E-state index in [2.05, 4.69) is 25.8 Å². The highest BCUT2D eigenvalue weighted by Gasteiger charge is 2.17. The average Bonchev–Trinajstić information content (AvgIpc) is 2.36. The highest BCUT2D eigenvalue weighted by atomic mass is 16.5. The molecule has 0 fully saturated rings. The van der Waals surface area contributed by atoms with E-state index in [9.17, 15) is 0 Å². The predicted molar refractivity (Wildman–Crippen MR) is 72.1 cm³/mol. The van der Waals surface area contributed by atoms with E-state index in [4.69, 9.17) is 18.9 Å². The molecule has 0 radical (unpaired) electrons. The van der Waals surface area contributed by atoms with Gasteiger partial charge in [0.15, 0.2) is 0 Å². The Balaban J connectivity index is 3.92. The topological polar surface area (TPSA) is 40.2 Å². The number of ether oxygens (including phenoxy) is 4. The van der Waals surface area contributed by atoms with Crippen LogP contribution in [0.4, 0.5) is 0 Å². The number of hydrogen-bond donors (Lipinski definition) is 0.